The van der Waals surface area contributed by atoms with Crippen LogP contribution in [-0.2, 0) is 4.79 Å². The first-order valence-corrected chi connectivity index (χ1v) is 7.81. The molecule has 0 fully saturated rings. The second-order valence-corrected chi connectivity index (χ2v) is 5.35. The van der Waals surface area contributed by atoms with Crippen LogP contribution < -0.4 is 20.1 Å². The Morgan fingerprint density at radius 3 is 2.04 bits per heavy atom. The summed E-state index contributed by atoms with van der Waals surface area (Å²) in [7, 11) is 4.29. The predicted molar refractivity (Wildman–Crippen MR) is 98.6 cm³/mol. The molecule has 27 heavy (non-hydrogen) atoms. The van der Waals surface area contributed by atoms with Gasteiger partial charge in [0.05, 0.1) is 21.3 Å². The first kappa shape index (κ1) is 19.8. The fraction of sp³-hybridized carbons (Fsp3) is 0.158. The average Bonchev–Trinajstić information content (AvgIpc) is 2.71. The molecule has 0 saturated heterocycles. The Labute approximate surface area is 156 Å². The van der Waals surface area contributed by atoms with Gasteiger partial charge in [-0.05, 0) is 48.0 Å². The van der Waals surface area contributed by atoms with Crippen LogP contribution in [0.3, 0.4) is 0 Å². The number of rotatable bonds is 6. The standard InChI is InChI=1S/C19H20N2O6/c1-25-14-7-5-13(6-8-14)19(24)21(20)17(22)9-4-12-10-15(26-2)18(23)16(11-12)27-3/h4-11,23H,20H2,1-3H3/b9-4+. The smallest absolute Gasteiger partial charge is 0.275 e. The molecule has 8 nitrogen and oxygen atoms in total. The summed E-state index contributed by atoms with van der Waals surface area (Å²) in [4.78, 5) is 24.5. The summed E-state index contributed by atoms with van der Waals surface area (Å²) in [5.41, 5.74) is 0.758. The van der Waals surface area contributed by atoms with Gasteiger partial charge in [-0.2, -0.15) is 0 Å². The molecular formula is C19H20N2O6. The van der Waals surface area contributed by atoms with Gasteiger partial charge in [-0.25, -0.2) is 10.9 Å². The van der Waals surface area contributed by atoms with Crippen LogP contribution in [0.25, 0.3) is 6.08 Å². The average molecular weight is 372 g/mol. The van der Waals surface area contributed by atoms with Gasteiger partial charge in [-0.1, -0.05) is 0 Å². The number of phenols is 1. The van der Waals surface area contributed by atoms with E-state index in [-0.39, 0.29) is 22.8 Å². The second kappa shape index (κ2) is 8.72. The molecule has 0 unspecified atom stereocenters. The van der Waals surface area contributed by atoms with E-state index in [0.29, 0.717) is 16.3 Å². The van der Waals surface area contributed by atoms with E-state index in [1.165, 1.54) is 51.7 Å². The van der Waals surface area contributed by atoms with Crippen molar-refractivity contribution in [2.45, 2.75) is 0 Å². The minimum atomic E-state index is -0.721. The van der Waals surface area contributed by atoms with Crippen molar-refractivity contribution in [1.29, 1.82) is 0 Å². The minimum absolute atomic E-state index is 0.154. The number of carbonyl (C=O) groups is 2. The lowest BCUT2D eigenvalue weighted by Crippen LogP contribution is -2.41. The molecular weight excluding hydrogens is 352 g/mol. The van der Waals surface area contributed by atoms with Gasteiger partial charge >= 0.3 is 0 Å². The number of imide groups is 1. The number of carbonyl (C=O) groups excluding carboxylic acids is 2. The highest BCUT2D eigenvalue weighted by Gasteiger charge is 2.18. The fourth-order valence-electron chi connectivity index (χ4n) is 2.23. The maximum Gasteiger partial charge on any atom is 0.275 e. The lowest BCUT2D eigenvalue weighted by Gasteiger charge is -2.13. The van der Waals surface area contributed by atoms with Gasteiger partial charge < -0.3 is 19.3 Å². The molecule has 0 aliphatic heterocycles. The molecule has 2 aromatic carbocycles. The number of benzene rings is 2. The zero-order chi connectivity index (χ0) is 20.0. The third-order valence-electron chi connectivity index (χ3n) is 3.71. The molecule has 0 aliphatic carbocycles. The Morgan fingerprint density at radius 1 is 1.00 bits per heavy atom. The first-order valence-electron chi connectivity index (χ1n) is 7.81. The number of ether oxygens (including phenoxy) is 3. The van der Waals surface area contributed by atoms with Gasteiger partial charge in [0, 0.05) is 11.6 Å². The lowest BCUT2D eigenvalue weighted by atomic mass is 10.1. The maximum atomic E-state index is 12.3. The molecule has 0 aromatic heterocycles. The van der Waals surface area contributed by atoms with Gasteiger partial charge in [-0.3, -0.25) is 9.59 Å². The Kier molecular flexibility index (Phi) is 6.40. The highest BCUT2D eigenvalue weighted by molar-refractivity contribution is 6.08. The summed E-state index contributed by atoms with van der Waals surface area (Å²) < 4.78 is 15.1. The van der Waals surface area contributed by atoms with E-state index >= 15 is 0 Å². The summed E-state index contributed by atoms with van der Waals surface area (Å²) in [6, 6.07) is 9.22. The monoisotopic (exact) mass is 372 g/mol. The van der Waals surface area contributed by atoms with Crippen LogP contribution in [0.15, 0.2) is 42.5 Å². The van der Waals surface area contributed by atoms with E-state index in [1.54, 1.807) is 12.1 Å². The Hall–Kier alpha value is -3.52. The molecule has 0 heterocycles. The number of aromatic hydroxyl groups is 1. The van der Waals surface area contributed by atoms with Crippen molar-refractivity contribution in [3.05, 3.63) is 53.6 Å². The van der Waals surface area contributed by atoms with Crippen LogP contribution in [-0.4, -0.2) is 43.3 Å². The molecule has 0 saturated carbocycles. The Bertz CT molecular complexity index is 836. The van der Waals surface area contributed by atoms with Crippen LogP contribution in [0.5, 0.6) is 23.0 Å². The largest absolute Gasteiger partial charge is 0.502 e. The van der Waals surface area contributed by atoms with Crippen molar-refractivity contribution in [1.82, 2.24) is 5.01 Å². The van der Waals surface area contributed by atoms with E-state index in [1.807, 2.05) is 0 Å². The predicted octanol–water partition coefficient (Wildman–Crippen LogP) is 1.97. The molecule has 2 aromatic rings. The lowest BCUT2D eigenvalue weighted by molar-refractivity contribution is -0.123. The minimum Gasteiger partial charge on any atom is -0.502 e. The van der Waals surface area contributed by atoms with Crippen molar-refractivity contribution in [2.75, 3.05) is 21.3 Å². The molecule has 142 valence electrons. The van der Waals surface area contributed by atoms with Crippen molar-refractivity contribution in [3.8, 4) is 23.0 Å². The van der Waals surface area contributed by atoms with Crippen LogP contribution in [0.2, 0.25) is 0 Å². The Morgan fingerprint density at radius 2 is 1.56 bits per heavy atom. The number of hydrogen-bond acceptors (Lipinski definition) is 7. The maximum absolute atomic E-state index is 12.3. The molecule has 0 atom stereocenters. The van der Waals surface area contributed by atoms with Gasteiger partial charge in [0.15, 0.2) is 11.5 Å². The molecule has 3 N–H and O–H groups in total. The second-order valence-electron chi connectivity index (χ2n) is 5.35. The van der Waals surface area contributed by atoms with Crippen LogP contribution >= 0.6 is 0 Å². The molecule has 2 amide bonds. The number of nitrogens with two attached hydrogens (primary N) is 1. The number of hydrogen-bond donors (Lipinski definition) is 2. The van der Waals surface area contributed by atoms with Crippen molar-refractivity contribution in [2.24, 2.45) is 5.84 Å². The highest BCUT2D eigenvalue weighted by Crippen LogP contribution is 2.37. The molecule has 0 spiro atoms. The third kappa shape index (κ3) is 4.56. The first-order chi connectivity index (χ1) is 12.9. The number of phenolic OH excluding ortho intramolecular Hbond substituents is 1. The van der Waals surface area contributed by atoms with Crippen molar-refractivity contribution in [3.63, 3.8) is 0 Å². The summed E-state index contributed by atoms with van der Waals surface area (Å²) in [6.07, 6.45) is 2.56. The van der Waals surface area contributed by atoms with E-state index in [0.717, 1.165) is 6.08 Å². The number of hydrazine groups is 1. The summed E-state index contributed by atoms with van der Waals surface area (Å²) in [5.74, 6) is 5.03. The third-order valence-corrected chi connectivity index (χ3v) is 3.71. The Balaban J connectivity index is 2.16. The van der Waals surface area contributed by atoms with Crippen LogP contribution in [0.4, 0.5) is 0 Å². The number of nitrogens with zero attached hydrogens (tertiary/aromatic N) is 1. The summed E-state index contributed by atoms with van der Waals surface area (Å²) in [6.45, 7) is 0. The van der Waals surface area contributed by atoms with Crippen molar-refractivity contribution < 1.29 is 28.9 Å². The molecule has 8 heteroatoms. The molecule has 0 aliphatic rings. The zero-order valence-electron chi connectivity index (χ0n) is 15.1. The quantitative estimate of drug-likeness (QED) is 0.345. The van der Waals surface area contributed by atoms with E-state index in [9.17, 15) is 14.7 Å². The highest BCUT2D eigenvalue weighted by atomic mass is 16.5. The summed E-state index contributed by atoms with van der Waals surface area (Å²) in [5, 5.41) is 10.4. The SMILES string of the molecule is COc1ccc(C(=O)N(N)C(=O)/C=C/c2cc(OC)c(O)c(OC)c2)cc1. The van der Waals surface area contributed by atoms with Crippen LogP contribution in [0.1, 0.15) is 15.9 Å². The van der Waals surface area contributed by atoms with Gasteiger partial charge in [0.25, 0.3) is 11.8 Å². The van der Waals surface area contributed by atoms with E-state index in [4.69, 9.17) is 20.1 Å². The van der Waals surface area contributed by atoms with Crippen molar-refractivity contribution >= 4 is 17.9 Å². The van der Waals surface area contributed by atoms with Gasteiger partial charge in [0.1, 0.15) is 5.75 Å². The number of amides is 2. The topological polar surface area (TPSA) is 111 Å². The van der Waals surface area contributed by atoms with Crippen LogP contribution in [0, 0.1) is 0 Å². The number of methoxy groups -OCH3 is 3. The molecule has 0 radical (unpaired) electrons. The van der Waals surface area contributed by atoms with E-state index < -0.39 is 11.8 Å². The van der Waals surface area contributed by atoms with Gasteiger partial charge in [-0.15, -0.1) is 0 Å². The molecule has 0 bridgehead atoms. The van der Waals surface area contributed by atoms with E-state index in [2.05, 4.69) is 0 Å². The zero-order valence-corrected chi connectivity index (χ0v) is 15.1. The fourth-order valence-corrected chi connectivity index (χ4v) is 2.23. The van der Waals surface area contributed by atoms with Gasteiger partial charge in [0.2, 0.25) is 5.75 Å². The summed E-state index contributed by atoms with van der Waals surface area (Å²) >= 11 is 0. The normalized spacial score (nSPS) is 10.5. The molecule has 2 rings (SSSR count).